The lowest BCUT2D eigenvalue weighted by molar-refractivity contribution is 1.07. The maximum Gasteiger partial charge on any atom is 0.0611 e. The summed E-state index contributed by atoms with van der Waals surface area (Å²) in [6.45, 7) is 0. The molecule has 0 N–H and O–H groups in total. The van der Waals surface area contributed by atoms with E-state index >= 15 is 0 Å². The highest BCUT2D eigenvalue weighted by molar-refractivity contribution is 6.12. The Morgan fingerprint density at radius 2 is 1.46 bits per heavy atom. The number of fused-ring (bicyclic) bond motifs is 5. The van der Waals surface area contributed by atoms with Gasteiger partial charge in [0, 0.05) is 40.2 Å². The molecule has 0 atom stereocenters. The summed E-state index contributed by atoms with van der Waals surface area (Å²) < 4.78 is 2.43. The van der Waals surface area contributed by atoms with Gasteiger partial charge in [0.25, 0.3) is 0 Å². The summed E-state index contributed by atoms with van der Waals surface area (Å²) in [6.07, 6.45) is 3.36. The molecule has 1 nitrogen and oxygen atoms in total. The zero-order valence-corrected chi connectivity index (χ0v) is 13.2. The first-order valence-corrected chi connectivity index (χ1v) is 8.43. The molecule has 0 bridgehead atoms. The lowest BCUT2D eigenvalue weighted by Gasteiger charge is -2.02. The summed E-state index contributed by atoms with van der Waals surface area (Å²) in [4.78, 5) is 0. The van der Waals surface area contributed by atoms with Gasteiger partial charge in [0.05, 0.1) is 5.52 Å². The Kier molecular flexibility index (Phi) is 2.20. The number of hydrogen-bond acceptors (Lipinski definition) is 0. The molecule has 0 unspecified atom stereocenters. The summed E-state index contributed by atoms with van der Waals surface area (Å²) >= 11 is 0. The van der Waals surface area contributed by atoms with Crippen molar-refractivity contribution in [3.8, 4) is 22.3 Å². The fourth-order valence-electron chi connectivity index (χ4n) is 4.39. The molecule has 0 aliphatic heterocycles. The van der Waals surface area contributed by atoms with Crippen LogP contribution in [0.4, 0.5) is 0 Å². The summed E-state index contributed by atoms with van der Waals surface area (Å²) in [6, 6.07) is 26.3. The zero-order chi connectivity index (χ0) is 15.7. The van der Waals surface area contributed by atoms with Crippen LogP contribution in [-0.4, -0.2) is 4.40 Å². The van der Waals surface area contributed by atoms with Crippen molar-refractivity contribution in [2.45, 2.75) is 6.42 Å². The minimum atomic E-state index is 1.03. The van der Waals surface area contributed by atoms with Crippen molar-refractivity contribution >= 4 is 16.3 Å². The Morgan fingerprint density at radius 1 is 0.667 bits per heavy atom. The predicted octanol–water partition coefficient (Wildman–Crippen LogP) is 5.77. The Labute approximate surface area is 140 Å². The second-order valence-corrected chi connectivity index (χ2v) is 6.64. The Morgan fingerprint density at radius 3 is 2.38 bits per heavy atom. The SMILES string of the molecule is c1ccc(-c2cn3c4c(c5cccc2c53)-c2ccccc2C4)cc1. The van der Waals surface area contributed by atoms with Crippen LogP contribution < -0.4 is 0 Å². The first kappa shape index (κ1) is 12.4. The van der Waals surface area contributed by atoms with Gasteiger partial charge in [-0.2, -0.15) is 0 Å². The molecule has 0 spiro atoms. The van der Waals surface area contributed by atoms with E-state index in [1.165, 1.54) is 49.8 Å². The Balaban J connectivity index is 1.75. The van der Waals surface area contributed by atoms with Crippen LogP contribution in [0.15, 0.2) is 79.0 Å². The van der Waals surface area contributed by atoms with Gasteiger partial charge in [-0.05, 0) is 16.7 Å². The van der Waals surface area contributed by atoms with Gasteiger partial charge in [0.15, 0.2) is 0 Å². The van der Waals surface area contributed by atoms with Crippen LogP contribution in [0.5, 0.6) is 0 Å². The molecule has 0 amide bonds. The van der Waals surface area contributed by atoms with Crippen LogP contribution in [0.1, 0.15) is 11.3 Å². The first-order valence-electron chi connectivity index (χ1n) is 8.43. The third kappa shape index (κ3) is 1.40. The standard InChI is InChI=1S/C23H15N/c1-2-7-15(8-3-1)20-14-24-21-13-16-9-4-5-10-17(16)22(21)19-12-6-11-18(20)23(19)24/h1-12,14H,13H2. The third-order valence-corrected chi connectivity index (χ3v) is 5.40. The molecule has 0 fully saturated rings. The second-order valence-electron chi connectivity index (χ2n) is 6.64. The monoisotopic (exact) mass is 305 g/mol. The van der Waals surface area contributed by atoms with Crippen molar-refractivity contribution in [1.82, 2.24) is 4.40 Å². The molecule has 0 radical (unpaired) electrons. The van der Waals surface area contributed by atoms with Crippen LogP contribution in [0.25, 0.3) is 38.5 Å². The number of benzene rings is 3. The minimum Gasteiger partial charge on any atom is -0.318 e. The van der Waals surface area contributed by atoms with E-state index in [2.05, 4.69) is 83.4 Å². The van der Waals surface area contributed by atoms with Gasteiger partial charge in [-0.1, -0.05) is 72.8 Å². The number of rotatable bonds is 1. The molecule has 0 saturated heterocycles. The summed E-state index contributed by atoms with van der Waals surface area (Å²) in [5, 5.41) is 2.74. The molecule has 6 rings (SSSR count). The first-order chi connectivity index (χ1) is 11.9. The molecular formula is C23H15N. The smallest absolute Gasteiger partial charge is 0.0611 e. The normalized spacial score (nSPS) is 12.8. The zero-order valence-electron chi connectivity index (χ0n) is 13.2. The van der Waals surface area contributed by atoms with Gasteiger partial charge >= 0.3 is 0 Å². The van der Waals surface area contributed by atoms with E-state index in [1.807, 2.05) is 0 Å². The van der Waals surface area contributed by atoms with Crippen LogP contribution in [0.3, 0.4) is 0 Å². The maximum absolute atomic E-state index is 2.43. The number of aromatic nitrogens is 1. The van der Waals surface area contributed by atoms with Crippen molar-refractivity contribution in [3.63, 3.8) is 0 Å². The van der Waals surface area contributed by atoms with Gasteiger partial charge in [0.2, 0.25) is 0 Å². The van der Waals surface area contributed by atoms with E-state index in [1.54, 1.807) is 0 Å². The fourth-order valence-corrected chi connectivity index (χ4v) is 4.39. The quantitative estimate of drug-likeness (QED) is 0.363. The van der Waals surface area contributed by atoms with Gasteiger partial charge in [0.1, 0.15) is 0 Å². The second kappa shape index (κ2) is 4.27. The molecule has 1 heteroatoms. The number of hydrogen-bond donors (Lipinski definition) is 0. The highest BCUT2D eigenvalue weighted by Crippen LogP contribution is 2.46. The Bertz CT molecular complexity index is 1210. The van der Waals surface area contributed by atoms with Gasteiger partial charge in [-0.15, -0.1) is 0 Å². The highest BCUT2D eigenvalue weighted by Gasteiger charge is 2.27. The minimum absolute atomic E-state index is 1.03. The van der Waals surface area contributed by atoms with E-state index in [4.69, 9.17) is 0 Å². The molecule has 2 aromatic heterocycles. The molecule has 2 heterocycles. The predicted molar refractivity (Wildman–Crippen MR) is 99.8 cm³/mol. The fraction of sp³-hybridized carbons (Fsp3) is 0.0435. The van der Waals surface area contributed by atoms with E-state index in [-0.39, 0.29) is 0 Å². The highest BCUT2D eigenvalue weighted by atomic mass is 14.9. The van der Waals surface area contributed by atoms with Crippen molar-refractivity contribution < 1.29 is 0 Å². The Hall–Kier alpha value is -3.06. The van der Waals surface area contributed by atoms with Gasteiger partial charge in [-0.3, -0.25) is 0 Å². The average Bonchev–Trinajstić information content (AvgIpc) is 3.29. The van der Waals surface area contributed by atoms with Crippen LogP contribution in [0.2, 0.25) is 0 Å². The van der Waals surface area contributed by atoms with Crippen molar-refractivity contribution in [2.75, 3.05) is 0 Å². The van der Waals surface area contributed by atoms with E-state index < -0.39 is 0 Å². The lowest BCUT2D eigenvalue weighted by Crippen LogP contribution is -1.87. The molecule has 5 aromatic rings. The van der Waals surface area contributed by atoms with E-state index in [9.17, 15) is 0 Å². The van der Waals surface area contributed by atoms with Crippen LogP contribution in [-0.2, 0) is 6.42 Å². The maximum atomic E-state index is 2.43. The van der Waals surface area contributed by atoms with Gasteiger partial charge in [-0.25, -0.2) is 0 Å². The summed E-state index contributed by atoms with van der Waals surface area (Å²) in [5.41, 5.74) is 9.71. The molecule has 112 valence electrons. The van der Waals surface area contributed by atoms with E-state index in [0.717, 1.165) is 6.42 Å². The lowest BCUT2D eigenvalue weighted by atomic mass is 10.0. The summed E-state index contributed by atoms with van der Waals surface area (Å²) in [5.74, 6) is 0. The molecular weight excluding hydrogens is 290 g/mol. The largest absolute Gasteiger partial charge is 0.318 e. The molecule has 0 saturated carbocycles. The molecule has 3 aromatic carbocycles. The van der Waals surface area contributed by atoms with Crippen molar-refractivity contribution in [3.05, 3.63) is 90.3 Å². The molecule has 1 aliphatic rings. The van der Waals surface area contributed by atoms with Crippen LogP contribution >= 0.6 is 0 Å². The third-order valence-electron chi connectivity index (χ3n) is 5.40. The topological polar surface area (TPSA) is 4.41 Å². The van der Waals surface area contributed by atoms with E-state index in [0.29, 0.717) is 0 Å². The van der Waals surface area contributed by atoms with Crippen molar-refractivity contribution in [2.24, 2.45) is 0 Å². The number of nitrogens with zero attached hydrogens (tertiary/aromatic N) is 1. The molecule has 24 heavy (non-hydrogen) atoms. The number of para-hydroxylation sites is 1. The average molecular weight is 305 g/mol. The summed E-state index contributed by atoms with van der Waals surface area (Å²) in [7, 11) is 0. The van der Waals surface area contributed by atoms with Crippen LogP contribution in [0, 0.1) is 0 Å². The van der Waals surface area contributed by atoms with Gasteiger partial charge < -0.3 is 4.40 Å². The van der Waals surface area contributed by atoms with Crippen molar-refractivity contribution in [1.29, 1.82) is 0 Å². The molecule has 1 aliphatic carbocycles.